The number of hydroxylamine groups is 1. The van der Waals surface area contributed by atoms with Crippen LogP contribution in [0.5, 0.6) is 0 Å². The van der Waals surface area contributed by atoms with Gasteiger partial charge in [0.1, 0.15) is 5.76 Å². The Morgan fingerprint density at radius 3 is 2.94 bits per heavy atom. The van der Waals surface area contributed by atoms with Gasteiger partial charge in [-0.25, -0.2) is 0 Å². The maximum absolute atomic E-state index is 10.6. The Hall–Kier alpha value is -1.88. The second-order valence-electron chi connectivity index (χ2n) is 3.88. The quantitative estimate of drug-likeness (QED) is 0.610. The normalized spacial score (nSPS) is 23.8. The van der Waals surface area contributed by atoms with Crippen LogP contribution < -0.4 is 5.48 Å². The van der Waals surface area contributed by atoms with Crippen LogP contribution in [-0.2, 0) is 10.4 Å². The van der Waals surface area contributed by atoms with E-state index in [9.17, 15) is 10.1 Å². The first-order chi connectivity index (χ1) is 7.51. The van der Waals surface area contributed by atoms with Crippen LogP contribution in [0.2, 0.25) is 0 Å². The van der Waals surface area contributed by atoms with Gasteiger partial charge < -0.3 is 4.84 Å². The van der Waals surface area contributed by atoms with Crippen LogP contribution in [0, 0.1) is 16.2 Å². The molecule has 1 radical (unpaired) electrons. The van der Waals surface area contributed by atoms with Crippen LogP contribution in [0.3, 0.4) is 0 Å². The highest BCUT2D eigenvalue weighted by atomic mass is 16.7. The average Bonchev–Trinajstić information content (AvgIpc) is 2.60. The Kier molecular flexibility index (Phi) is 2.40. The Morgan fingerprint density at radius 2 is 2.38 bits per heavy atom. The summed E-state index contributed by atoms with van der Waals surface area (Å²) in [7, 11) is 0. The monoisotopic (exact) mass is 219 g/mol. The van der Waals surface area contributed by atoms with Crippen molar-refractivity contribution in [2.45, 2.75) is 19.4 Å². The number of nitrogens with zero attached hydrogens (tertiary/aromatic N) is 1. The number of nitrogens with one attached hydrogen (secondary N) is 1. The molecular formula is C11H11N2O3. The lowest BCUT2D eigenvalue weighted by molar-refractivity contribution is -0.385. The van der Waals surface area contributed by atoms with Crippen molar-refractivity contribution in [2.24, 2.45) is 0 Å². The fraction of sp³-hybridized carbons (Fsp3) is 0.273. The van der Waals surface area contributed by atoms with Gasteiger partial charge in [0, 0.05) is 6.07 Å². The standard InChI is InChI=1S/C11H11N2O3/c1-8-7-11(2,12-16-8)9-4-3-5-10(6-9)13(14)15/h3-4,6-7,12H,1-2H3. The summed E-state index contributed by atoms with van der Waals surface area (Å²) in [4.78, 5) is 15.3. The molecule has 0 spiro atoms. The zero-order valence-corrected chi connectivity index (χ0v) is 8.98. The first-order valence-corrected chi connectivity index (χ1v) is 4.81. The van der Waals surface area contributed by atoms with Crippen molar-refractivity contribution in [3.8, 4) is 0 Å². The van der Waals surface area contributed by atoms with E-state index in [0.29, 0.717) is 0 Å². The molecule has 1 aromatic carbocycles. The number of benzene rings is 1. The predicted molar refractivity (Wildman–Crippen MR) is 57.3 cm³/mol. The zero-order chi connectivity index (χ0) is 11.8. The molecule has 0 aliphatic carbocycles. The van der Waals surface area contributed by atoms with Crippen molar-refractivity contribution in [3.63, 3.8) is 0 Å². The van der Waals surface area contributed by atoms with E-state index in [1.165, 1.54) is 6.07 Å². The van der Waals surface area contributed by atoms with Gasteiger partial charge in [0.2, 0.25) is 0 Å². The summed E-state index contributed by atoms with van der Waals surface area (Å²) in [5, 5.41) is 10.6. The second-order valence-corrected chi connectivity index (χ2v) is 3.88. The third-order valence-electron chi connectivity index (χ3n) is 2.50. The Balaban J connectivity index is 2.41. The molecule has 1 N–H and O–H groups in total. The number of hydrogen-bond acceptors (Lipinski definition) is 4. The largest absolute Gasteiger partial charge is 0.413 e. The van der Waals surface area contributed by atoms with Gasteiger partial charge >= 0.3 is 0 Å². The first kappa shape index (κ1) is 10.6. The molecule has 1 aliphatic heterocycles. The summed E-state index contributed by atoms with van der Waals surface area (Å²) in [6.45, 7) is 3.71. The number of allylic oxidation sites excluding steroid dienone is 1. The third kappa shape index (κ3) is 1.77. The zero-order valence-electron chi connectivity index (χ0n) is 8.98. The van der Waals surface area contributed by atoms with Crippen molar-refractivity contribution >= 4 is 5.69 Å². The summed E-state index contributed by atoms with van der Waals surface area (Å²) in [6.07, 6.45) is 1.88. The Morgan fingerprint density at radius 1 is 1.62 bits per heavy atom. The van der Waals surface area contributed by atoms with Crippen LogP contribution in [0.25, 0.3) is 0 Å². The fourth-order valence-electron chi connectivity index (χ4n) is 1.68. The first-order valence-electron chi connectivity index (χ1n) is 4.81. The Labute approximate surface area is 92.8 Å². The molecule has 0 saturated carbocycles. The van der Waals surface area contributed by atoms with E-state index in [1.54, 1.807) is 12.1 Å². The third-order valence-corrected chi connectivity index (χ3v) is 2.50. The molecule has 83 valence electrons. The number of non-ortho nitro benzene ring substituents is 1. The van der Waals surface area contributed by atoms with Crippen molar-refractivity contribution in [1.82, 2.24) is 5.48 Å². The van der Waals surface area contributed by atoms with E-state index in [4.69, 9.17) is 4.84 Å². The van der Waals surface area contributed by atoms with Crippen molar-refractivity contribution in [1.29, 1.82) is 0 Å². The van der Waals surface area contributed by atoms with Crippen molar-refractivity contribution in [2.75, 3.05) is 0 Å². The maximum atomic E-state index is 10.6. The van der Waals surface area contributed by atoms with Crippen LogP contribution >= 0.6 is 0 Å². The fourth-order valence-corrected chi connectivity index (χ4v) is 1.68. The summed E-state index contributed by atoms with van der Waals surface area (Å²) >= 11 is 0. The summed E-state index contributed by atoms with van der Waals surface area (Å²) < 4.78 is 0. The minimum absolute atomic E-state index is 0.0431. The average molecular weight is 219 g/mol. The molecule has 1 atom stereocenters. The molecule has 1 aliphatic rings. The van der Waals surface area contributed by atoms with E-state index in [0.717, 1.165) is 11.3 Å². The van der Waals surface area contributed by atoms with Gasteiger partial charge in [-0.2, -0.15) is 0 Å². The van der Waals surface area contributed by atoms with Crippen molar-refractivity contribution in [3.05, 3.63) is 51.8 Å². The van der Waals surface area contributed by atoms with E-state index in [1.807, 2.05) is 19.9 Å². The van der Waals surface area contributed by atoms with Crippen LogP contribution in [0.1, 0.15) is 19.4 Å². The molecule has 5 nitrogen and oxygen atoms in total. The lowest BCUT2D eigenvalue weighted by Crippen LogP contribution is -2.32. The number of rotatable bonds is 2. The van der Waals surface area contributed by atoms with Gasteiger partial charge in [-0.15, -0.1) is 5.48 Å². The lowest BCUT2D eigenvalue weighted by Gasteiger charge is -2.20. The van der Waals surface area contributed by atoms with Crippen LogP contribution in [-0.4, -0.2) is 4.92 Å². The van der Waals surface area contributed by atoms with Gasteiger partial charge in [0.05, 0.1) is 16.5 Å². The van der Waals surface area contributed by atoms with E-state index in [-0.39, 0.29) is 5.69 Å². The predicted octanol–water partition coefficient (Wildman–Crippen LogP) is 2.05. The minimum atomic E-state index is -0.524. The number of nitro groups is 1. The van der Waals surface area contributed by atoms with Gasteiger partial charge in [-0.3, -0.25) is 10.1 Å². The van der Waals surface area contributed by atoms with Crippen LogP contribution in [0.4, 0.5) is 5.69 Å². The lowest BCUT2D eigenvalue weighted by atomic mass is 9.92. The molecule has 16 heavy (non-hydrogen) atoms. The highest BCUT2D eigenvalue weighted by Gasteiger charge is 2.31. The van der Waals surface area contributed by atoms with Crippen LogP contribution in [0.15, 0.2) is 30.0 Å². The Bertz CT molecular complexity index is 470. The molecule has 2 rings (SSSR count). The number of nitro benzene ring substituents is 1. The highest BCUT2D eigenvalue weighted by Crippen LogP contribution is 2.30. The smallest absolute Gasteiger partial charge is 0.277 e. The maximum Gasteiger partial charge on any atom is 0.277 e. The molecule has 5 heteroatoms. The summed E-state index contributed by atoms with van der Waals surface area (Å²) in [5.41, 5.74) is 3.04. The second kappa shape index (κ2) is 3.61. The number of hydrogen-bond donors (Lipinski definition) is 1. The topological polar surface area (TPSA) is 64.4 Å². The molecule has 1 heterocycles. The summed E-state index contributed by atoms with van der Waals surface area (Å²) in [6, 6.07) is 7.38. The van der Waals surface area contributed by atoms with E-state index < -0.39 is 10.5 Å². The van der Waals surface area contributed by atoms with Gasteiger partial charge in [-0.1, -0.05) is 6.07 Å². The molecule has 0 fully saturated rings. The summed E-state index contributed by atoms with van der Waals surface area (Å²) in [5.74, 6) is 0.748. The molecule has 0 bridgehead atoms. The van der Waals surface area contributed by atoms with Gasteiger partial charge in [-0.05, 0) is 31.6 Å². The molecule has 1 unspecified atom stereocenters. The minimum Gasteiger partial charge on any atom is -0.413 e. The van der Waals surface area contributed by atoms with Gasteiger partial charge in [0.15, 0.2) is 0 Å². The molecule has 0 saturated heterocycles. The molecule has 0 aromatic heterocycles. The van der Waals surface area contributed by atoms with Crippen molar-refractivity contribution < 1.29 is 9.76 Å². The van der Waals surface area contributed by atoms with E-state index >= 15 is 0 Å². The molecule has 0 amide bonds. The molecular weight excluding hydrogens is 208 g/mol. The highest BCUT2D eigenvalue weighted by molar-refractivity contribution is 5.39. The SMILES string of the molecule is CC1=CC(C)(c2cc[c]c([N+](=O)[O-])c2)NO1. The molecule has 1 aromatic rings. The van der Waals surface area contributed by atoms with Gasteiger partial charge in [0.25, 0.3) is 5.69 Å². The van der Waals surface area contributed by atoms with E-state index in [2.05, 4.69) is 11.5 Å².